The van der Waals surface area contributed by atoms with Crippen LogP contribution in [0.5, 0.6) is 0 Å². The van der Waals surface area contributed by atoms with E-state index in [0.29, 0.717) is 11.6 Å². The number of amides is 1. The van der Waals surface area contributed by atoms with Crippen LogP contribution in [0, 0.1) is 6.92 Å². The van der Waals surface area contributed by atoms with E-state index in [9.17, 15) is 4.79 Å². The molecule has 100 valence electrons. The molecule has 0 aromatic heterocycles. The topological polar surface area (TPSA) is 32.3 Å². The van der Waals surface area contributed by atoms with E-state index in [1.165, 1.54) is 0 Å². The second kappa shape index (κ2) is 7.39. The Morgan fingerprint density at radius 2 is 2.17 bits per heavy atom. The third-order valence-electron chi connectivity index (χ3n) is 2.85. The van der Waals surface area contributed by atoms with Gasteiger partial charge in [-0.3, -0.25) is 9.69 Å². The van der Waals surface area contributed by atoms with E-state index in [-0.39, 0.29) is 5.91 Å². The number of anilines is 1. The van der Waals surface area contributed by atoms with Crippen molar-refractivity contribution in [3.63, 3.8) is 0 Å². The zero-order valence-electron chi connectivity index (χ0n) is 11.3. The van der Waals surface area contributed by atoms with Crippen LogP contribution >= 0.6 is 11.6 Å². The fourth-order valence-corrected chi connectivity index (χ4v) is 1.86. The van der Waals surface area contributed by atoms with Crippen molar-refractivity contribution < 1.29 is 4.79 Å². The largest absolute Gasteiger partial charge is 0.325 e. The number of likely N-dealkylation sites (N-methyl/N-ethyl adjacent to an activating group) is 1. The fourth-order valence-electron chi connectivity index (χ4n) is 1.68. The lowest BCUT2D eigenvalue weighted by Gasteiger charge is -2.16. The molecule has 3 nitrogen and oxygen atoms in total. The van der Waals surface area contributed by atoms with Gasteiger partial charge in [-0.25, -0.2) is 0 Å². The van der Waals surface area contributed by atoms with Gasteiger partial charge in [-0.1, -0.05) is 31.0 Å². The molecule has 18 heavy (non-hydrogen) atoms. The molecule has 0 saturated heterocycles. The highest BCUT2D eigenvalue weighted by atomic mass is 35.5. The summed E-state index contributed by atoms with van der Waals surface area (Å²) in [6.45, 7) is 5.40. The second-order valence-electron chi connectivity index (χ2n) is 4.55. The first kappa shape index (κ1) is 15.0. The number of carbonyl (C=O) groups is 1. The quantitative estimate of drug-likeness (QED) is 0.858. The average molecular weight is 269 g/mol. The SMILES string of the molecule is CCCCN(C)CC(=O)Nc1cccc(Cl)c1C. The third-order valence-corrected chi connectivity index (χ3v) is 3.26. The third kappa shape index (κ3) is 4.67. The number of benzene rings is 1. The maximum absolute atomic E-state index is 11.9. The van der Waals surface area contributed by atoms with Crippen molar-refractivity contribution >= 4 is 23.2 Å². The number of nitrogens with zero attached hydrogens (tertiary/aromatic N) is 1. The summed E-state index contributed by atoms with van der Waals surface area (Å²) in [4.78, 5) is 13.9. The minimum absolute atomic E-state index is 0.000954. The lowest BCUT2D eigenvalue weighted by Crippen LogP contribution is -2.31. The number of nitrogens with one attached hydrogen (secondary N) is 1. The molecule has 4 heteroatoms. The highest BCUT2D eigenvalue weighted by Gasteiger charge is 2.08. The number of carbonyl (C=O) groups excluding carboxylic acids is 1. The number of hydrogen-bond donors (Lipinski definition) is 1. The van der Waals surface area contributed by atoms with Gasteiger partial charge in [0.2, 0.25) is 5.91 Å². The molecule has 1 N–H and O–H groups in total. The molecule has 0 aliphatic rings. The monoisotopic (exact) mass is 268 g/mol. The predicted octanol–water partition coefficient (Wildman–Crippen LogP) is 3.32. The Morgan fingerprint density at radius 1 is 1.44 bits per heavy atom. The molecule has 0 bridgehead atoms. The van der Waals surface area contributed by atoms with Gasteiger partial charge in [0.25, 0.3) is 0 Å². The van der Waals surface area contributed by atoms with Crippen molar-refractivity contribution in [1.82, 2.24) is 4.90 Å². The van der Waals surface area contributed by atoms with Gasteiger partial charge in [-0.05, 0) is 44.6 Å². The highest BCUT2D eigenvalue weighted by Crippen LogP contribution is 2.22. The normalized spacial score (nSPS) is 10.7. The van der Waals surface area contributed by atoms with Gasteiger partial charge in [0, 0.05) is 10.7 Å². The van der Waals surface area contributed by atoms with Crippen LogP contribution < -0.4 is 5.32 Å². The van der Waals surface area contributed by atoms with E-state index < -0.39 is 0 Å². The Labute approximate surface area is 114 Å². The lowest BCUT2D eigenvalue weighted by atomic mass is 10.2. The molecule has 0 fully saturated rings. The number of unbranched alkanes of at least 4 members (excludes halogenated alkanes) is 1. The first-order valence-corrected chi connectivity index (χ1v) is 6.66. The molecule has 0 spiro atoms. The van der Waals surface area contributed by atoms with Crippen LogP contribution in [-0.2, 0) is 4.79 Å². The minimum Gasteiger partial charge on any atom is -0.325 e. The lowest BCUT2D eigenvalue weighted by molar-refractivity contribution is -0.117. The second-order valence-corrected chi connectivity index (χ2v) is 4.96. The smallest absolute Gasteiger partial charge is 0.238 e. The van der Waals surface area contributed by atoms with Gasteiger partial charge in [0.05, 0.1) is 6.54 Å². The van der Waals surface area contributed by atoms with Crippen LogP contribution in [0.1, 0.15) is 25.3 Å². The van der Waals surface area contributed by atoms with Crippen LogP contribution in [0.25, 0.3) is 0 Å². The van der Waals surface area contributed by atoms with Crippen molar-refractivity contribution in [2.45, 2.75) is 26.7 Å². The Balaban J connectivity index is 2.52. The Hall–Kier alpha value is -1.06. The van der Waals surface area contributed by atoms with Crippen LogP contribution in [0.3, 0.4) is 0 Å². The van der Waals surface area contributed by atoms with Crippen molar-refractivity contribution in [1.29, 1.82) is 0 Å². The van der Waals surface area contributed by atoms with Crippen LogP contribution in [-0.4, -0.2) is 30.9 Å². The average Bonchev–Trinajstić information content (AvgIpc) is 2.32. The van der Waals surface area contributed by atoms with E-state index in [0.717, 1.165) is 30.6 Å². The molecule has 0 saturated carbocycles. The van der Waals surface area contributed by atoms with Crippen LogP contribution in [0.2, 0.25) is 5.02 Å². The van der Waals surface area contributed by atoms with E-state index in [2.05, 4.69) is 12.2 Å². The van der Waals surface area contributed by atoms with E-state index >= 15 is 0 Å². The summed E-state index contributed by atoms with van der Waals surface area (Å²) in [7, 11) is 1.96. The molecular formula is C14H21ClN2O. The van der Waals surface area contributed by atoms with E-state index in [4.69, 9.17) is 11.6 Å². The first-order chi connectivity index (χ1) is 8.54. The maximum atomic E-state index is 11.9. The van der Waals surface area contributed by atoms with Gasteiger partial charge in [0.15, 0.2) is 0 Å². The van der Waals surface area contributed by atoms with Gasteiger partial charge >= 0.3 is 0 Å². The predicted molar refractivity (Wildman–Crippen MR) is 77.2 cm³/mol. The molecule has 0 aliphatic carbocycles. The summed E-state index contributed by atoms with van der Waals surface area (Å²) in [6, 6.07) is 5.52. The zero-order valence-corrected chi connectivity index (χ0v) is 12.0. The molecule has 1 aromatic rings. The van der Waals surface area contributed by atoms with Crippen LogP contribution in [0.15, 0.2) is 18.2 Å². The maximum Gasteiger partial charge on any atom is 0.238 e. The van der Waals surface area contributed by atoms with Crippen molar-refractivity contribution in [2.24, 2.45) is 0 Å². The number of halogens is 1. The Morgan fingerprint density at radius 3 is 2.83 bits per heavy atom. The van der Waals surface area contributed by atoms with Crippen molar-refractivity contribution in [3.8, 4) is 0 Å². The van der Waals surface area contributed by atoms with Gasteiger partial charge in [0.1, 0.15) is 0 Å². The van der Waals surface area contributed by atoms with Gasteiger partial charge in [-0.2, -0.15) is 0 Å². The molecule has 1 amide bonds. The van der Waals surface area contributed by atoms with Crippen molar-refractivity contribution in [3.05, 3.63) is 28.8 Å². The Bertz CT molecular complexity index is 407. The molecule has 0 atom stereocenters. The zero-order chi connectivity index (χ0) is 13.5. The first-order valence-electron chi connectivity index (χ1n) is 6.28. The van der Waals surface area contributed by atoms with Gasteiger partial charge in [-0.15, -0.1) is 0 Å². The fraction of sp³-hybridized carbons (Fsp3) is 0.500. The summed E-state index contributed by atoms with van der Waals surface area (Å²) in [6.07, 6.45) is 2.25. The summed E-state index contributed by atoms with van der Waals surface area (Å²) < 4.78 is 0. The molecule has 0 radical (unpaired) electrons. The van der Waals surface area contributed by atoms with Crippen LogP contribution in [0.4, 0.5) is 5.69 Å². The summed E-state index contributed by atoms with van der Waals surface area (Å²) >= 11 is 6.01. The molecule has 1 aromatic carbocycles. The standard InChI is InChI=1S/C14H21ClN2O/c1-4-5-9-17(3)10-14(18)16-13-8-6-7-12(15)11(13)2/h6-8H,4-5,9-10H2,1-3H3,(H,16,18). The molecular weight excluding hydrogens is 248 g/mol. The molecule has 0 aliphatic heterocycles. The number of rotatable bonds is 6. The summed E-state index contributed by atoms with van der Waals surface area (Å²) in [5.74, 6) is -0.000954. The van der Waals surface area contributed by atoms with E-state index in [1.807, 2.05) is 37.1 Å². The molecule has 0 unspecified atom stereocenters. The summed E-state index contributed by atoms with van der Waals surface area (Å²) in [5, 5.41) is 3.57. The Kier molecular flexibility index (Phi) is 6.16. The minimum atomic E-state index is -0.000954. The van der Waals surface area contributed by atoms with E-state index in [1.54, 1.807) is 0 Å². The van der Waals surface area contributed by atoms with Crippen molar-refractivity contribution in [2.75, 3.05) is 25.5 Å². The summed E-state index contributed by atoms with van der Waals surface area (Å²) in [5.41, 5.74) is 1.69. The number of hydrogen-bond acceptors (Lipinski definition) is 2. The molecule has 1 rings (SSSR count). The highest BCUT2D eigenvalue weighted by molar-refractivity contribution is 6.31. The van der Waals surface area contributed by atoms with Gasteiger partial charge < -0.3 is 5.32 Å². The molecule has 0 heterocycles.